The predicted molar refractivity (Wildman–Crippen MR) is 137 cm³/mol. The van der Waals surface area contributed by atoms with E-state index in [9.17, 15) is 4.79 Å². The summed E-state index contributed by atoms with van der Waals surface area (Å²) in [5.74, 6) is 1.90. The number of hydrogen-bond donors (Lipinski definition) is 0. The van der Waals surface area contributed by atoms with Crippen molar-refractivity contribution in [3.8, 4) is 11.5 Å². The monoisotopic (exact) mass is 595 g/mol. The van der Waals surface area contributed by atoms with Gasteiger partial charge in [0.25, 0.3) is 5.56 Å². The summed E-state index contributed by atoms with van der Waals surface area (Å²) < 4.78 is 14.6. The highest BCUT2D eigenvalue weighted by atomic mass is 127. The lowest BCUT2D eigenvalue weighted by molar-refractivity contribution is 0.295. The van der Waals surface area contributed by atoms with Crippen LogP contribution < -0.4 is 15.0 Å². The molecule has 8 heteroatoms. The van der Waals surface area contributed by atoms with Gasteiger partial charge in [0.15, 0.2) is 11.5 Å². The maximum Gasteiger partial charge on any atom is 0.282 e. The number of benzene rings is 2. The Balaban J connectivity index is 2.10. The van der Waals surface area contributed by atoms with Gasteiger partial charge < -0.3 is 9.47 Å². The third kappa shape index (κ3) is 5.35. The first-order chi connectivity index (χ1) is 14.8. The number of fused-ring (bicyclic) bond motifs is 1. The number of ether oxygens (including phenoxy) is 2. The van der Waals surface area contributed by atoms with Crippen LogP contribution in [0.3, 0.4) is 0 Å². The molecule has 6 nitrogen and oxygen atoms in total. The van der Waals surface area contributed by atoms with Crippen LogP contribution in [0.4, 0.5) is 0 Å². The van der Waals surface area contributed by atoms with E-state index in [1.165, 1.54) is 4.68 Å². The van der Waals surface area contributed by atoms with Gasteiger partial charge in [-0.1, -0.05) is 42.4 Å². The minimum absolute atomic E-state index is 0.0201. The molecule has 0 aliphatic carbocycles. The summed E-state index contributed by atoms with van der Waals surface area (Å²) in [7, 11) is 0. The summed E-state index contributed by atoms with van der Waals surface area (Å²) in [6, 6.07) is 9.25. The molecule has 0 bridgehead atoms. The van der Waals surface area contributed by atoms with E-state index < -0.39 is 0 Å². The van der Waals surface area contributed by atoms with Gasteiger partial charge in [-0.25, -0.2) is 4.98 Å². The first-order valence-corrected chi connectivity index (χ1v) is 11.7. The predicted octanol–water partition coefficient (Wildman–Crippen LogP) is 5.73. The summed E-state index contributed by atoms with van der Waals surface area (Å²) >= 11 is 5.62. The van der Waals surface area contributed by atoms with Crippen LogP contribution in [0.25, 0.3) is 10.9 Å². The van der Waals surface area contributed by atoms with E-state index in [0.717, 1.165) is 13.6 Å². The second-order valence-corrected chi connectivity index (χ2v) is 9.09. The Labute approximate surface area is 203 Å². The largest absolute Gasteiger partial charge is 0.490 e. The van der Waals surface area contributed by atoms with Crippen molar-refractivity contribution in [3.05, 3.63) is 72.8 Å². The number of rotatable bonds is 8. The lowest BCUT2D eigenvalue weighted by Crippen LogP contribution is -2.23. The SMILES string of the molecule is C=CCOc1c(I)cc(C=Nn2c(C(C)C)nc3ccc(Br)cc3c2=O)cc1OCC. The zero-order valence-electron chi connectivity index (χ0n) is 17.6. The topological polar surface area (TPSA) is 65.7 Å². The maximum atomic E-state index is 13.2. The fourth-order valence-electron chi connectivity index (χ4n) is 2.98. The van der Waals surface area contributed by atoms with E-state index in [4.69, 9.17) is 9.47 Å². The van der Waals surface area contributed by atoms with Crippen LogP contribution in [0.5, 0.6) is 11.5 Å². The van der Waals surface area contributed by atoms with Crippen molar-refractivity contribution in [2.24, 2.45) is 5.10 Å². The highest BCUT2D eigenvalue weighted by Crippen LogP contribution is 2.34. The quantitative estimate of drug-likeness (QED) is 0.189. The molecule has 1 aromatic heterocycles. The Kier molecular flexibility index (Phi) is 7.88. The van der Waals surface area contributed by atoms with E-state index in [2.05, 4.69) is 55.2 Å². The molecule has 31 heavy (non-hydrogen) atoms. The van der Waals surface area contributed by atoms with Crippen molar-refractivity contribution < 1.29 is 9.47 Å². The molecule has 0 radical (unpaired) electrons. The van der Waals surface area contributed by atoms with Gasteiger partial charge in [0.2, 0.25) is 0 Å². The molecule has 0 aliphatic rings. The second-order valence-electron chi connectivity index (χ2n) is 7.01. The standard InChI is InChI=1S/C23H23BrIN3O3/c1-5-9-31-21-18(25)10-15(11-20(21)30-6-2)13-26-28-22(14(3)4)27-19-8-7-16(24)12-17(19)23(28)29/h5,7-8,10-14H,1,6,9H2,2-4H3. The lowest BCUT2D eigenvalue weighted by atomic mass is 10.2. The molecule has 3 rings (SSSR count). The van der Waals surface area contributed by atoms with Crippen LogP contribution in [-0.4, -0.2) is 29.1 Å². The summed E-state index contributed by atoms with van der Waals surface area (Å²) in [6.07, 6.45) is 3.33. The van der Waals surface area contributed by atoms with Gasteiger partial charge in [-0.05, 0) is 65.4 Å². The van der Waals surface area contributed by atoms with E-state index in [-0.39, 0.29) is 11.5 Å². The molecule has 0 N–H and O–H groups in total. The van der Waals surface area contributed by atoms with E-state index in [0.29, 0.717) is 41.4 Å². The molecular formula is C23H23BrIN3O3. The third-order valence-corrected chi connectivity index (χ3v) is 5.64. The first kappa shape index (κ1) is 23.5. The summed E-state index contributed by atoms with van der Waals surface area (Å²) in [6.45, 7) is 10.5. The van der Waals surface area contributed by atoms with Crippen molar-refractivity contribution in [2.45, 2.75) is 26.7 Å². The highest BCUT2D eigenvalue weighted by Gasteiger charge is 2.15. The van der Waals surface area contributed by atoms with Gasteiger partial charge in [-0.2, -0.15) is 9.78 Å². The molecular weight excluding hydrogens is 573 g/mol. The van der Waals surface area contributed by atoms with Crippen molar-refractivity contribution in [1.82, 2.24) is 9.66 Å². The van der Waals surface area contributed by atoms with Crippen LogP contribution in [0.1, 0.15) is 38.1 Å². The molecule has 1 heterocycles. The van der Waals surface area contributed by atoms with Crippen molar-refractivity contribution in [2.75, 3.05) is 13.2 Å². The minimum Gasteiger partial charge on any atom is -0.490 e. The smallest absolute Gasteiger partial charge is 0.282 e. The Morgan fingerprint density at radius 2 is 2.06 bits per heavy atom. The average Bonchev–Trinajstić information content (AvgIpc) is 2.73. The average molecular weight is 596 g/mol. The van der Waals surface area contributed by atoms with Gasteiger partial charge in [0, 0.05) is 10.4 Å². The van der Waals surface area contributed by atoms with Gasteiger partial charge >= 0.3 is 0 Å². The van der Waals surface area contributed by atoms with Crippen LogP contribution in [0.2, 0.25) is 0 Å². The van der Waals surface area contributed by atoms with Gasteiger partial charge in [0.05, 0.1) is 27.3 Å². The molecule has 0 saturated carbocycles. The van der Waals surface area contributed by atoms with Crippen molar-refractivity contribution >= 4 is 55.6 Å². The Morgan fingerprint density at radius 3 is 2.74 bits per heavy atom. The van der Waals surface area contributed by atoms with Gasteiger partial charge in [0.1, 0.15) is 12.4 Å². The van der Waals surface area contributed by atoms with Crippen LogP contribution in [-0.2, 0) is 0 Å². The van der Waals surface area contributed by atoms with Crippen LogP contribution in [0, 0.1) is 3.57 Å². The summed E-state index contributed by atoms with van der Waals surface area (Å²) in [5.41, 5.74) is 1.23. The molecule has 0 spiro atoms. The number of nitrogens with zero attached hydrogens (tertiary/aromatic N) is 3. The molecule has 0 atom stereocenters. The molecule has 162 valence electrons. The van der Waals surface area contributed by atoms with Crippen molar-refractivity contribution in [3.63, 3.8) is 0 Å². The molecule has 0 saturated heterocycles. The third-order valence-electron chi connectivity index (χ3n) is 4.35. The summed E-state index contributed by atoms with van der Waals surface area (Å²) in [4.78, 5) is 17.8. The molecule has 2 aromatic carbocycles. The fraction of sp³-hybridized carbons (Fsp3) is 0.261. The fourth-order valence-corrected chi connectivity index (χ4v) is 4.13. The second kappa shape index (κ2) is 10.4. The van der Waals surface area contributed by atoms with Gasteiger partial charge in [-0.3, -0.25) is 4.79 Å². The number of hydrogen-bond acceptors (Lipinski definition) is 5. The number of aromatic nitrogens is 2. The molecule has 0 amide bonds. The van der Waals surface area contributed by atoms with E-state index >= 15 is 0 Å². The number of halogens is 2. The van der Waals surface area contributed by atoms with Gasteiger partial charge in [-0.15, -0.1) is 0 Å². The zero-order valence-corrected chi connectivity index (χ0v) is 21.3. The Bertz CT molecular complexity index is 1200. The molecule has 3 aromatic rings. The molecule has 0 fully saturated rings. The highest BCUT2D eigenvalue weighted by molar-refractivity contribution is 14.1. The van der Waals surface area contributed by atoms with Crippen LogP contribution in [0.15, 0.2) is 57.4 Å². The Morgan fingerprint density at radius 1 is 1.29 bits per heavy atom. The van der Waals surface area contributed by atoms with Crippen LogP contribution >= 0.6 is 38.5 Å². The summed E-state index contributed by atoms with van der Waals surface area (Å²) in [5, 5.41) is 5.00. The minimum atomic E-state index is -0.211. The van der Waals surface area contributed by atoms with Crippen molar-refractivity contribution in [1.29, 1.82) is 0 Å². The maximum absolute atomic E-state index is 13.2. The first-order valence-electron chi connectivity index (χ1n) is 9.82. The lowest BCUT2D eigenvalue weighted by Gasteiger charge is -2.14. The van der Waals surface area contributed by atoms with E-state index in [1.807, 2.05) is 45.0 Å². The van der Waals surface area contributed by atoms with E-state index in [1.54, 1.807) is 18.4 Å². The molecule has 0 unspecified atom stereocenters. The zero-order chi connectivity index (χ0) is 22.5. The normalized spacial score (nSPS) is 11.4. The Hall–Kier alpha value is -2.20. The molecule has 0 aliphatic heterocycles.